The number of benzene rings is 1. The van der Waals surface area contributed by atoms with Gasteiger partial charge < -0.3 is 4.79 Å². The summed E-state index contributed by atoms with van der Waals surface area (Å²) < 4.78 is 0.350. The quantitative estimate of drug-likeness (QED) is 0.455. The van der Waals surface area contributed by atoms with E-state index in [1.807, 2.05) is 30.3 Å². The van der Waals surface area contributed by atoms with E-state index in [0.29, 0.717) is 10.3 Å². The van der Waals surface area contributed by atoms with Crippen molar-refractivity contribution in [2.24, 2.45) is 11.8 Å². The van der Waals surface area contributed by atoms with E-state index in [1.165, 1.54) is 0 Å². The SMILES string of the molecule is CC(=O)C[C@@H]1CCC[C@H](I)[C@H]1C(=O)c1ccccc1. The van der Waals surface area contributed by atoms with Crippen LogP contribution in [-0.2, 0) is 4.79 Å². The second kappa shape index (κ2) is 6.64. The molecule has 2 nitrogen and oxygen atoms in total. The summed E-state index contributed by atoms with van der Waals surface area (Å²) in [6.07, 6.45) is 3.76. The first-order valence-electron chi connectivity index (χ1n) is 6.82. The van der Waals surface area contributed by atoms with Crippen molar-refractivity contribution in [2.75, 3.05) is 0 Å². The molecule has 102 valence electrons. The van der Waals surface area contributed by atoms with Crippen molar-refractivity contribution in [2.45, 2.75) is 36.5 Å². The van der Waals surface area contributed by atoms with Crippen molar-refractivity contribution < 1.29 is 9.59 Å². The molecule has 1 aliphatic carbocycles. The Hall–Kier alpha value is -0.710. The Labute approximate surface area is 128 Å². The van der Waals surface area contributed by atoms with Gasteiger partial charge in [0.05, 0.1) is 0 Å². The highest BCUT2D eigenvalue weighted by molar-refractivity contribution is 14.1. The number of ketones is 2. The summed E-state index contributed by atoms with van der Waals surface area (Å²) in [5.74, 6) is 0.633. The first-order chi connectivity index (χ1) is 9.09. The lowest BCUT2D eigenvalue weighted by molar-refractivity contribution is -0.118. The molecule has 0 saturated heterocycles. The predicted molar refractivity (Wildman–Crippen MR) is 84.7 cm³/mol. The van der Waals surface area contributed by atoms with Crippen molar-refractivity contribution in [3.8, 4) is 0 Å². The fraction of sp³-hybridized carbons (Fsp3) is 0.500. The molecule has 3 heteroatoms. The first kappa shape index (κ1) is 14.7. The first-order valence-corrected chi connectivity index (χ1v) is 8.07. The molecular formula is C16H19IO2. The topological polar surface area (TPSA) is 34.1 Å². The molecule has 1 aliphatic rings. The lowest BCUT2D eigenvalue weighted by Crippen LogP contribution is -2.36. The van der Waals surface area contributed by atoms with Gasteiger partial charge in [0.1, 0.15) is 5.78 Å². The van der Waals surface area contributed by atoms with Crippen LogP contribution in [0, 0.1) is 11.8 Å². The standard InChI is InChI=1S/C16H19IO2/c1-11(18)10-13-8-5-9-14(17)15(13)16(19)12-6-3-2-4-7-12/h2-4,6-7,13-15H,5,8-10H2,1H3/t13-,14-,15-/m0/s1. The fourth-order valence-corrected chi connectivity index (χ4v) is 4.36. The molecular weight excluding hydrogens is 351 g/mol. The Morgan fingerprint density at radius 1 is 1.21 bits per heavy atom. The van der Waals surface area contributed by atoms with E-state index in [2.05, 4.69) is 22.6 Å². The largest absolute Gasteiger partial charge is 0.300 e. The molecule has 0 spiro atoms. The van der Waals surface area contributed by atoms with E-state index in [4.69, 9.17) is 0 Å². The van der Waals surface area contributed by atoms with Gasteiger partial charge in [0.15, 0.2) is 5.78 Å². The van der Waals surface area contributed by atoms with Gasteiger partial charge >= 0.3 is 0 Å². The van der Waals surface area contributed by atoms with E-state index in [-0.39, 0.29) is 23.4 Å². The lowest BCUT2D eigenvalue weighted by Gasteiger charge is -2.34. The van der Waals surface area contributed by atoms with E-state index >= 15 is 0 Å². The summed E-state index contributed by atoms with van der Waals surface area (Å²) in [6.45, 7) is 1.63. The maximum Gasteiger partial charge on any atom is 0.167 e. The number of hydrogen-bond donors (Lipinski definition) is 0. The van der Waals surface area contributed by atoms with Gasteiger partial charge in [0.25, 0.3) is 0 Å². The molecule has 1 saturated carbocycles. The van der Waals surface area contributed by atoms with Gasteiger partial charge in [-0.05, 0) is 25.7 Å². The molecule has 0 heterocycles. The molecule has 3 atom stereocenters. The van der Waals surface area contributed by atoms with Gasteiger partial charge in [-0.25, -0.2) is 0 Å². The Morgan fingerprint density at radius 3 is 2.53 bits per heavy atom. The Morgan fingerprint density at radius 2 is 1.89 bits per heavy atom. The summed E-state index contributed by atoms with van der Waals surface area (Å²) >= 11 is 2.39. The van der Waals surface area contributed by atoms with Gasteiger partial charge in [-0.15, -0.1) is 0 Å². The van der Waals surface area contributed by atoms with Crippen LogP contribution >= 0.6 is 22.6 Å². The van der Waals surface area contributed by atoms with Crippen molar-refractivity contribution in [1.82, 2.24) is 0 Å². The molecule has 0 bridgehead atoms. The normalized spacial score (nSPS) is 26.9. The molecule has 1 fully saturated rings. The Kier molecular flexibility index (Phi) is 5.13. The van der Waals surface area contributed by atoms with Gasteiger partial charge in [0, 0.05) is 21.8 Å². The molecule has 0 aromatic heterocycles. The summed E-state index contributed by atoms with van der Waals surface area (Å²) in [5.41, 5.74) is 0.782. The third-order valence-electron chi connectivity index (χ3n) is 3.86. The zero-order valence-corrected chi connectivity index (χ0v) is 13.3. The minimum atomic E-state index is 0.000602. The Bertz CT molecular complexity index is 455. The van der Waals surface area contributed by atoms with Crippen molar-refractivity contribution in [3.05, 3.63) is 35.9 Å². The van der Waals surface area contributed by atoms with Crippen LogP contribution in [0.1, 0.15) is 43.0 Å². The number of carbonyl (C=O) groups excluding carboxylic acids is 2. The molecule has 0 aliphatic heterocycles. The van der Waals surface area contributed by atoms with Gasteiger partial charge in [-0.3, -0.25) is 4.79 Å². The van der Waals surface area contributed by atoms with Crippen LogP contribution in [0.5, 0.6) is 0 Å². The zero-order chi connectivity index (χ0) is 13.8. The second-order valence-corrected chi connectivity index (χ2v) is 6.97. The van der Waals surface area contributed by atoms with Crippen LogP contribution in [0.3, 0.4) is 0 Å². The smallest absolute Gasteiger partial charge is 0.167 e. The molecule has 0 unspecified atom stereocenters. The van der Waals surface area contributed by atoms with Gasteiger partial charge in [-0.2, -0.15) is 0 Å². The highest BCUT2D eigenvalue weighted by Crippen LogP contribution is 2.39. The summed E-state index contributed by atoms with van der Waals surface area (Å²) in [6, 6.07) is 9.49. The highest BCUT2D eigenvalue weighted by Gasteiger charge is 2.37. The molecule has 0 N–H and O–H groups in total. The predicted octanol–water partition coefficient (Wildman–Crippen LogP) is 4.07. The second-order valence-electron chi connectivity index (χ2n) is 5.37. The minimum absolute atomic E-state index is 0.000602. The van der Waals surface area contributed by atoms with Gasteiger partial charge in [0.2, 0.25) is 0 Å². The maximum atomic E-state index is 12.7. The van der Waals surface area contributed by atoms with Crippen molar-refractivity contribution in [1.29, 1.82) is 0 Å². The van der Waals surface area contributed by atoms with Crippen LogP contribution < -0.4 is 0 Å². The van der Waals surface area contributed by atoms with Crippen LogP contribution in [0.15, 0.2) is 30.3 Å². The van der Waals surface area contributed by atoms with E-state index in [0.717, 1.165) is 24.8 Å². The molecule has 2 rings (SSSR count). The molecule has 1 aromatic carbocycles. The van der Waals surface area contributed by atoms with Crippen LogP contribution in [0.2, 0.25) is 0 Å². The summed E-state index contributed by atoms with van der Waals surface area (Å²) in [5, 5.41) is 0. The monoisotopic (exact) mass is 370 g/mol. The van der Waals surface area contributed by atoms with Crippen molar-refractivity contribution >= 4 is 34.2 Å². The maximum absolute atomic E-state index is 12.7. The third kappa shape index (κ3) is 3.65. The minimum Gasteiger partial charge on any atom is -0.300 e. The average Bonchev–Trinajstić information content (AvgIpc) is 2.38. The van der Waals surface area contributed by atoms with Crippen LogP contribution in [-0.4, -0.2) is 15.5 Å². The van der Waals surface area contributed by atoms with Crippen LogP contribution in [0.4, 0.5) is 0 Å². The number of rotatable bonds is 4. The lowest BCUT2D eigenvalue weighted by atomic mass is 9.73. The molecule has 1 aromatic rings. The van der Waals surface area contributed by atoms with Crippen LogP contribution in [0.25, 0.3) is 0 Å². The zero-order valence-electron chi connectivity index (χ0n) is 11.1. The molecule has 19 heavy (non-hydrogen) atoms. The highest BCUT2D eigenvalue weighted by atomic mass is 127. The average molecular weight is 370 g/mol. The number of alkyl halides is 1. The number of halogens is 1. The van der Waals surface area contributed by atoms with Crippen molar-refractivity contribution in [3.63, 3.8) is 0 Å². The van der Waals surface area contributed by atoms with E-state index < -0.39 is 0 Å². The summed E-state index contributed by atoms with van der Waals surface area (Å²) in [4.78, 5) is 24.1. The summed E-state index contributed by atoms with van der Waals surface area (Å²) in [7, 11) is 0. The third-order valence-corrected chi connectivity index (χ3v) is 5.26. The fourth-order valence-electron chi connectivity index (χ4n) is 3.00. The number of Topliss-reactive ketones (excluding diaryl/α,β-unsaturated/α-hetero) is 2. The molecule has 0 amide bonds. The number of carbonyl (C=O) groups is 2. The number of hydrogen-bond acceptors (Lipinski definition) is 2. The van der Waals surface area contributed by atoms with E-state index in [9.17, 15) is 9.59 Å². The van der Waals surface area contributed by atoms with Gasteiger partial charge in [-0.1, -0.05) is 59.3 Å². The Balaban J connectivity index is 2.22. The van der Waals surface area contributed by atoms with E-state index in [1.54, 1.807) is 6.92 Å². The molecule has 0 radical (unpaired) electrons.